The van der Waals surface area contributed by atoms with Crippen molar-refractivity contribution in [1.82, 2.24) is 9.97 Å². The first-order valence-electron chi connectivity index (χ1n) is 5.38. The Hall–Kier alpha value is -0.830. The fourth-order valence-electron chi connectivity index (χ4n) is 1.96. The van der Waals surface area contributed by atoms with Gasteiger partial charge in [0.15, 0.2) is 0 Å². The Morgan fingerprint density at radius 3 is 2.80 bits per heavy atom. The van der Waals surface area contributed by atoms with Crippen LogP contribution >= 0.6 is 11.6 Å². The van der Waals surface area contributed by atoms with Crippen LogP contribution in [0.25, 0.3) is 0 Å². The minimum Gasteiger partial charge on any atom is -0.477 e. The van der Waals surface area contributed by atoms with Crippen LogP contribution in [0.1, 0.15) is 31.5 Å². The van der Waals surface area contributed by atoms with E-state index in [-0.39, 0.29) is 0 Å². The first-order chi connectivity index (χ1) is 7.24. The molecule has 2 rings (SSSR count). The normalized spacial score (nSPS) is 16.9. The maximum absolute atomic E-state index is 5.81. The van der Waals surface area contributed by atoms with Crippen LogP contribution in [-0.4, -0.2) is 16.6 Å². The Morgan fingerprint density at radius 1 is 1.40 bits per heavy atom. The Kier molecular flexibility index (Phi) is 3.41. The van der Waals surface area contributed by atoms with E-state index in [1.54, 1.807) is 6.07 Å². The highest BCUT2D eigenvalue weighted by Gasteiger charge is 2.15. The molecule has 1 fully saturated rings. The van der Waals surface area contributed by atoms with E-state index < -0.39 is 0 Å². The molecule has 15 heavy (non-hydrogen) atoms. The molecule has 0 N–H and O–H groups in total. The van der Waals surface area contributed by atoms with E-state index in [1.807, 2.05) is 6.92 Å². The van der Waals surface area contributed by atoms with Gasteiger partial charge in [0, 0.05) is 6.07 Å². The largest absolute Gasteiger partial charge is 0.477 e. The predicted octanol–water partition coefficient (Wildman–Crippen LogP) is 3.01. The highest BCUT2D eigenvalue weighted by atomic mass is 35.5. The first-order valence-corrected chi connectivity index (χ1v) is 5.76. The number of hydrogen-bond donors (Lipinski definition) is 0. The number of rotatable bonds is 3. The van der Waals surface area contributed by atoms with Gasteiger partial charge in [0.05, 0.1) is 6.61 Å². The predicted molar refractivity (Wildman–Crippen MR) is 59.2 cm³/mol. The average molecular weight is 227 g/mol. The molecule has 4 heteroatoms. The summed E-state index contributed by atoms with van der Waals surface area (Å²) in [6.07, 6.45) is 5.21. The van der Waals surface area contributed by atoms with Gasteiger partial charge in [-0.15, -0.1) is 0 Å². The summed E-state index contributed by atoms with van der Waals surface area (Å²) in [5.41, 5.74) is 0. The summed E-state index contributed by atoms with van der Waals surface area (Å²) in [5.74, 6) is 1.95. The molecule has 0 radical (unpaired) electrons. The van der Waals surface area contributed by atoms with Gasteiger partial charge in [-0.1, -0.05) is 24.4 Å². The molecule has 0 atom stereocenters. The van der Waals surface area contributed by atoms with Crippen LogP contribution in [0.3, 0.4) is 0 Å². The molecule has 1 aromatic rings. The van der Waals surface area contributed by atoms with Crippen molar-refractivity contribution in [2.75, 3.05) is 6.61 Å². The molecule has 82 valence electrons. The van der Waals surface area contributed by atoms with Crippen LogP contribution in [0.5, 0.6) is 5.88 Å². The molecular formula is C11H15ClN2O. The van der Waals surface area contributed by atoms with E-state index in [2.05, 4.69) is 9.97 Å². The second-order valence-electron chi connectivity index (χ2n) is 4.04. The van der Waals surface area contributed by atoms with Crippen LogP contribution in [0.4, 0.5) is 0 Å². The molecule has 0 spiro atoms. The van der Waals surface area contributed by atoms with Gasteiger partial charge in [0.2, 0.25) is 5.88 Å². The number of aryl methyl sites for hydroxylation is 1. The lowest BCUT2D eigenvalue weighted by molar-refractivity contribution is 0.242. The minimum atomic E-state index is 0.448. The third-order valence-corrected chi connectivity index (χ3v) is 2.92. The van der Waals surface area contributed by atoms with Crippen LogP contribution < -0.4 is 4.74 Å². The molecule has 1 heterocycles. The number of aromatic nitrogens is 2. The topological polar surface area (TPSA) is 35.0 Å². The fraction of sp³-hybridized carbons (Fsp3) is 0.636. The van der Waals surface area contributed by atoms with Gasteiger partial charge < -0.3 is 4.74 Å². The number of ether oxygens (including phenoxy) is 1. The third kappa shape index (κ3) is 3.06. The van der Waals surface area contributed by atoms with Gasteiger partial charge >= 0.3 is 0 Å². The van der Waals surface area contributed by atoms with Crippen molar-refractivity contribution in [3.63, 3.8) is 0 Å². The zero-order valence-corrected chi connectivity index (χ0v) is 9.63. The summed E-state index contributed by atoms with van der Waals surface area (Å²) < 4.78 is 5.62. The fourth-order valence-corrected chi connectivity index (χ4v) is 2.18. The van der Waals surface area contributed by atoms with Crippen molar-refractivity contribution in [2.45, 2.75) is 32.6 Å². The van der Waals surface area contributed by atoms with E-state index in [9.17, 15) is 0 Å². The van der Waals surface area contributed by atoms with Crippen LogP contribution in [0.2, 0.25) is 5.15 Å². The summed E-state index contributed by atoms with van der Waals surface area (Å²) in [7, 11) is 0. The highest BCUT2D eigenvalue weighted by molar-refractivity contribution is 6.29. The Labute approximate surface area is 94.8 Å². The summed E-state index contributed by atoms with van der Waals surface area (Å²) in [5, 5.41) is 0.448. The molecule has 0 aliphatic heterocycles. The maximum Gasteiger partial charge on any atom is 0.218 e. The molecule has 1 aromatic heterocycles. The van der Waals surface area contributed by atoms with E-state index in [4.69, 9.17) is 16.3 Å². The Bertz CT molecular complexity index is 317. The van der Waals surface area contributed by atoms with E-state index >= 15 is 0 Å². The van der Waals surface area contributed by atoms with E-state index in [0.29, 0.717) is 22.8 Å². The summed E-state index contributed by atoms with van der Waals surface area (Å²) in [4.78, 5) is 8.17. The van der Waals surface area contributed by atoms with Gasteiger partial charge in [-0.2, -0.15) is 4.98 Å². The smallest absolute Gasteiger partial charge is 0.218 e. The first kappa shape index (κ1) is 10.7. The molecule has 0 aromatic carbocycles. The molecule has 1 aliphatic rings. The lowest BCUT2D eigenvalue weighted by atomic mass is 10.1. The molecular weight excluding hydrogens is 212 g/mol. The molecule has 1 saturated carbocycles. The molecule has 0 saturated heterocycles. The Balaban J connectivity index is 1.92. The monoisotopic (exact) mass is 226 g/mol. The van der Waals surface area contributed by atoms with Crippen LogP contribution in [0, 0.1) is 12.8 Å². The number of nitrogens with zero attached hydrogens (tertiary/aromatic N) is 2. The minimum absolute atomic E-state index is 0.448. The average Bonchev–Trinajstić information content (AvgIpc) is 2.65. The Morgan fingerprint density at radius 2 is 2.13 bits per heavy atom. The van der Waals surface area contributed by atoms with E-state index in [0.717, 1.165) is 6.61 Å². The molecule has 0 bridgehead atoms. The van der Waals surface area contributed by atoms with Crippen LogP contribution in [-0.2, 0) is 0 Å². The number of halogens is 1. The molecule has 0 amide bonds. The van der Waals surface area contributed by atoms with Crippen molar-refractivity contribution in [3.8, 4) is 5.88 Å². The van der Waals surface area contributed by atoms with Crippen molar-refractivity contribution >= 4 is 11.6 Å². The summed E-state index contributed by atoms with van der Waals surface area (Å²) in [6, 6.07) is 1.67. The van der Waals surface area contributed by atoms with Crippen molar-refractivity contribution in [2.24, 2.45) is 5.92 Å². The highest BCUT2D eigenvalue weighted by Crippen LogP contribution is 2.25. The van der Waals surface area contributed by atoms with E-state index in [1.165, 1.54) is 25.7 Å². The molecule has 1 aliphatic carbocycles. The van der Waals surface area contributed by atoms with Gasteiger partial charge in [0.1, 0.15) is 11.0 Å². The van der Waals surface area contributed by atoms with Crippen molar-refractivity contribution in [1.29, 1.82) is 0 Å². The molecule has 3 nitrogen and oxygen atoms in total. The second-order valence-corrected chi connectivity index (χ2v) is 4.42. The van der Waals surface area contributed by atoms with Gasteiger partial charge in [-0.25, -0.2) is 4.98 Å². The lowest BCUT2D eigenvalue weighted by Crippen LogP contribution is -2.09. The van der Waals surface area contributed by atoms with Gasteiger partial charge in [-0.05, 0) is 25.7 Å². The van der Waals surface area contributed by atoms with Crippen molar-refractivity contribution < 1.29 is 4.74 Å². The lowest BCUT2D eigenvalue weighted by Gasteiger charge is -2.10. The number of hydrogen-bond acceptors (Lipinski definition) is 3. The third-order valence-electron chi connectivity index (χ3n) is 2.72. The zero-order chi connectivity index (χ0) is 10.7. The quantitative estimate of drug-likeness (QED) is 0.744. The van der Waals surface area contributed by atoms with Gasteiger partial charge in [0.25, 0.3) is 0 Å². The maximum atomic E-state index is 5.81. The van der Waals surface area contributed by atoms with Crippen LogP contribution in [0.15, 0.2) is 6.07 Å². The molecule has 0 unspecified atom stereocenters. The second kappa shape index (κ2) is 4.79. The zero-order valence-electron chi connectivity index (χ0n) is 8.87. The summed E-state index contributed by atoms with van der Waals surface area (Å²) in [6.45, 7) is 2.57. The van der Waals surface area contributed by atoms with Gasteiger partial charge in [-0.3, -0.25) is 0 Å². The van der Waals surface area contributed by atoms with Crippen molar-refractivity contribution in [3.05, 3.63) is 17.0 Å². The SMILES string of the molecule is Cc1nc(Cl)cc(OCC2CCCC2)n1. The standard InChI is InChI=1S/C11H15ClN2O/c1-8-13-10(12)6-11(14-8)15-7-9-4-2-3-5-9/h6,9H,2-5,7H2,1H3. The summed E-state index contributed by atoms with van der Waals surface area (Å²) >= 11 is 5.81.